The third kappa shape index (κ3) is 5.21. The number of aryl methyl sites for hydroxylation is 1. The Morgan fingerprint density at radius 3 is 2.75 bits per heavy atom. The van der Waals surface area contributed by atoms with Crippen LogP contribution in [-0.2, 0) is 0 Å². The second kappa shape index (κ2) is 9.67. The van der Waals surface area contributed by atoms with Gasteiger partial charge in [-0.1, -0.05) is 48.4 Å². The number of allylic oxidation sites excluding steroid dienone is 3. The van der Waals surface area contributed by atoms with Crippen LogP contribution in [-0.4, -0.2) is 42.5 Å². The van der Waals surface area contributed by atoms with Crippen molar-refractivity contribution in [2.24, 2.45) is 17.8 Å². The van der Waals surface area contributed by atoms with E-state index in [1.54, 1.807) is 11.6 Å². The summed E-state index contributed by atoms with van der Waals surface area (Å²) in [6, 6.07) is 7.70. The van der Waals surface area contributed by atoms with Gasteiger partial charge >= 0.3 is 0 Å². The van der Waals surface area contributed by atoms with Gasteiger partial charge in [0.15, 0.2) is 5.78 Å². The number of rotatable bonds is 9. The Morgan fingerprint density at radius 1 is 1.21 bits per heavy atom. The fourth-order valence-electron chi connectivity index (χ4n) is 4.89. The van der Waals surface area contributed by atoms with E-state index in [0.717, 1.165) is 30.5 Å². The zero-order valence-electron chi connectivity index (χ0n) is 17.6. The number of nitrogens with zero attached hydrogens (tertiary/aromatic N) is 1. The maximum atomic E-state index is 12.6. The van der Waals surface area contributed by atoms with Crippen molar-refractivity contribution in [2.75, 3.05) is 20.6 Å². The van der Waals surface area contributed by atoms with Crippen molar-refractivity contribution in [1.29, 1.82) is 0 Å². The van der Waals surface area contributed by atoms with Crippen LogP contribution >= 0.6 is 0 Å². The molecule has 0 radical (unpaired) electrons. The predicted molar refractivity (Wildman–Crippen MR) is 115 cm³/mol. The molecule has 0 spiro atoms. The number of fused-ring (bicyclic) bond motifs is 1. The Labute approximate surface area is 170 Å². The molecule has 0 amide bonds. The third-order valence-corrected chi connectivity index (χ3v) is 6.43. The number of hydrogen-bond donors (Lipinski definition) is 1. The van der Waals surface area contributed by atoms with Gasteiger partial charge < -0.3 is 10.0 Å². The Kier molecular flexibility index (Phi) is 7.25. The van der Waals surface area contributed by atoms with Gasteiger partial charge in [0.05, 0.1) is 6.10 Å². The Morgan fingerprint density at radius 2 is 2.00 bits per heavy atom. The molecular formula is C25H35NO2. The highest BCUT2D eigenvalue weighted by atomic mass is 16.3. The van der Waals surface area contributed by atoms with Gasteiger partial charge in [0.2, 0.25) is 0 Å². The summed E-state index contributed by atoms with van der Waals surface area (Å²) in [4.78, 5) is 14.8. The van der Waals surface area contributed by atoms with Crippen LogP contribution in [0, 0.1) is 24.7 Å². The topological polar surface area (TPSA) is 40.5 Å². The molecule has 3 heteroatoms. The highest BCUT2D eigenvalue weighted by Gasteiger charge is 2.43. The van der Waals surface area contributed by atoms with Crippen molar-refractivity contribution < 1.29 is 9.90 Å². The van der Waals surface area contributed by atoms with Crippen LogP contribution in [0.3, 0.4) is 0 Å². The second-order valence-electron chi connectivity index (χ2n) is 8.89. The first-order valence-corrected chi connectivity index (χ1v) is 10.8. The van der Waals surface area contributed by atoms with Crippen molar-refractivity contribution >= 4 is 5.78 Å². The third-order valence-electron chi connectivity index (χ3n) is 6.43. The van der Waals surface area contributed by atoms with Crippen LogP contribution in [0.25, 0.3) is 0 Å². The maximum Gasteiger partial charge on any atom is 0.185 e. The zero-order valence-corrected chi connectivity index (χ0v) is 17.6. The summed E-state index contributed by atoms with van der Waals surface area (Å²) in [5, 5.41) is 10.5. The lowest BCUT2D eigenvalue weighted by molar-refractivity contribution is 0.104. The molecule has 2 aliphatic rings. The molecule has 1 N–H and O–H groups in total. The Bertz CT molecular complexity index is 734. The van der Waals surface area contributed by atoms with Crippen molar-refractivity contribution in [3.8, 4) is 0 Å². The first kappa shape index (κ1) is 21.0. The molecule has 0 unspecified atom stereocenters. The van der Waals surface area contributed by atoms with E-state index in [-0.39, 0.29) is 17.8 Å². The fourth-order valence-corrected chi connectivity index (χ4v) is 4.89. The summed E-state index contributed by atoms with van der Waals surface area (Å²) >= 11 is 0. The molecule has 28 heavy (non-hydrogen) atoms. The first-order chi connectivity index (χ1) is 13.5. The van der Waals surface area contributed by atoms with Crippen molar-refractivity contribution in [2.45, 2.75) is 51.6 Å². The number of aliphatic hydroxyl groups is 1. The largest absolute Gasteiger partial charge is 0.392 e. The summed E-state index contributed by atoms with van der Waals surface area (Å²) in [6.45, 7) is 3.13. The molecule has 0 saturated heterocycles. The van der Waals surface area contributed by atoms with E-state index in [1.165, 1.54) is 25.7 Å². The number of ketones is 1. The minimum atomic E-state index is -0.325. The molecule has 152 valence electrons. The lowest BCUT2D eigenvalue weighted by Crippen LogP contribution is -2.17. The van der Waals surface area contributed by atoms with E-state index >= 15 is 0 Å². The van der Waals surface area contributed by atoms with Crippen LogP contribution in [0.5, 0.6) is 0 Å². The molecule has 0 aliphatic heterocycles. The highest BCUT2D eigenvalue weighted by molar-refractivity contribution is 6.05. The number of carbonyl (C=O) groups excluding carboxylic acids is 1. The molecule has 4 atom stereocenters. The van der Waals surface area contributed by atoms with E-state index in [9.17, 15) is 9.90 Å². The number of hydrogen-bond acceptors (Lipinski definition) is 3. The molecule has 0 bridgehead atoms. The highest BCUT2D eigenvalue weighted by Crippen LogP contribution is 2.48. The van der Waals surface area contributed by atoms with E-state index < -0.39 is 0 Å². The van der Waals surface area contributed by atoms with Crippen LogP contribution in [0.4, 0.5) is 0 Å². The van der Waals surface area contributed by atoms with Crippen LogP contribution in [0.1, 0.15) is 54.4 Å². The van der Waals surface area contributed by atoms with Crippen LogP contribution < -0.4 is 0 Å². The number of aliphatic hydroxyl groups excluding tert-OH is 1. The average molecular weight is 382 g/mol. The molecule has 3 rings (SSSR count). The molecule has 1 saturated carbocycles. The molecule has 3 nitrogen and oxygen atoms in total. The monoisotopic (exact) mass is 381 g/mol. The number of benzene rings is 1. The Balaban J connectivity index is 1.53. The second-order valence-corrected chi connectivity index (χ2v) is 8.89. The molecule has 1 aromatic rings. The fraction of sp³-hybridized carbons (Fsp3) is 0.560. The van der Waals surface area contributed by atoms with Crippen LogP contribution in [0.2, 0.25) is 0 Å². The van der Waals surface area contributed by atoms with Gasteiger partial charge in [-0.25, -0.2) is 0 Å². The lowest BCUT2D eigenvalue weighted by atomic mass is 9.88. The molecule has 1 fully saturated rings. The smallest absolute Gasteiger partial charge is 0.185 e. The van der Waals surface area contributed by atoms with E-state index in [1.807, 2.05) is 37.3 Å². The van der Waals surface area contributed by atoms with Gasteiger partial charge in [-0.2, -0.15) is 0 Å². The zero-order chi connectivity index (χ0) is 20.1. The van der Waals surface area contributed by atoms with Crippen molar-refractivity contribution in [3.05, 3.63) is 59.2 Å². The molecule has 1 aromatic carbocycles. The van der Waals surface area contributed by atoms with E-state index in [0.29, 0.717) is 11.8 Å². The Hall–Kier alpha value is -1.71. The van der Waals surface area contributed by atoms with E-state index in [4.69, 9.17) is 0 Å². The van der Waals surface area contributed by atoms with Gasteiger partial charge in [0.25, 0.3) is 0 Å². The molecule has 0 aromatic heterocycles. The van der Waals surface area contributed by atoms with Gasteiger partial charge in [-0.05, 0) is 83.1 Å². The summed E-state index contributed by atoms with van der Waals surface area (Å²) < 4.78 is 0. The summed E-state index contributed by atoms with van der Waals surface area (Å²) in [6.07, 6.45) is 12.7. The van der Waals surface area contributed by atoms with Crippen LogP contribution in [0.15, 0.2) is 48.1 Å². The molecular weight excluding hydrogens is 346 g/mol. The minimum Gasteiger partial charge on any atom is -0.392 e. The molecule has 2 aliphatic carbocycles. The maximum absolute atomic E-state index is 12.6. The normalized spacial score (nSPS) is 26.8. The van der Waals surface area contributed by atoms with Gasteiger partial charge in [0.1, 0.15) is 0 Å². The van der Waals surface area contributed by atoms with Crippen molar-refractivity contribution in [1.82, 2.24) is 4.90 Å². The lowest BCUT2D eigenvalue weighted by Gasteiger charge is -2.18. The summed E-state index contributed by atoms with van der Waals surface area (Å²) in [7, 11) is 4.26. The van der Waals surface area contributed by atoms with Crippen molar-refractivity contribution in [3.63, 3.8) is 0 Å². The van der Waals surface area contributed by atoms with Gasteiger partial charge in [0, 0.05) is 11.5 Å². The van der Waals surface area contributed by atoms with Gasteiger partial charge in [-0.15, -0.1) is 0 Å². The molecule has 0 heterocycles. The SMILES string of the molecule is Cc1ccccc1C(=O)C=C[C@@H]1[C@H]2CC(CCCCCN(C)C)=C[C@H]2C[C@H]1O. The van der Waals surface area contributed by atoms with Gasteiger partial charge in [-0.3, -0.25) is 4.79 Å². The predicted octanol–water partition coefficient (Wildman–Crippen LogP) is 4.80. The first-order valence-electron chi connectivity index (χ1n) is 10.8. The summed E-state index contributed by atoms with van der Waals surface area (Å²) in [5.41, 5.74) is 3.32. The average Bonchev–Trinajstić information content (AvgIpc) is 3.16. The summed E-state index contributed by atoms with van der Waals surface area (Å²) in [5.74, 6) is 1.09. The number of carbonyl (C=O) groups is 1. The van der Waals surface area contributed by atoms with E-state index in [2.05, 4.69) is 25.1 Å². The standard InChI is InChI=1S/C25H35NO2/c1-18-9-6-7-11-21(18)24(27)13-12-22-23-16-19(15-20(23)17-25(22)28)10-5-4-8-14-26(2)3/h6-7,9,11-13,15,20,22-23,25,28H,4-5,8,10,14,16-17H2,1-3H3/t20-,22+,23-,25+/m0/s1. The minimum absolute atomic E-state index is 0.0424. The quantitative estimate of drug-likeness (QED) is 0.289. The number of unbranched alkanes of at least 4 members (excludes halogenated alkanes) is 2.